The fourth-order valence-corrected chi connectivity index (χ4v) is 4.03. The minimum Gasteiger partial charge on any atom is -0.317 e. The predicted octanol–water partition coefficient (Wildman–Crippen LogP) is 2.04. The molecule has 3 unspecified atom stereocenters. The summed E-state index contributed by atoms with van der Waals surface area (Å²) in [6.45, 7) is 6.33. The molecule has 0 aromatic carbocycles. The summed E-state index contributed by atoms with van der Waals surface area (Å²) in [5, 5.41) is 3.56. The second kappa shape index (κ2) is 7.05. The third-order valence-corrected chi connectivity index (χ3v) is 5.40. The van der Waals surface area contributed by atoms with E-state index in [0.717, 1.165) is 23.9 Å². The Bertz CT molecular complexity index is 259. The van der Waals surface area contributed by atoms with Crippen LogP contribution in [0.3, 0.4) is 0 Å². The number of rotatable bonds is 4. The fourth-order valence-electron chi connectivity index (χ4n) is 4.03. The molecule has 0 aromatic heterocycles. The first-order valence-electron chi connectivity index (χ1n) is 8.16. The first kappa shape index (κ1) is 15.3. The van der Waals surface area contributed by atoms with Crippen molar-refractivity contribution >= 4 is 0 Å². The maximum absolute atomic E-state index is 3.56. The van der Waals surface area contributed by atoms with Crippen LogP contribution in [-0.4, -0.2) is 62.7 Å². The maximum Gasteiger partial charge on any atom is 0.0113 e. The van der Waals surface area contributed by atoms with Crippen LogP contribution in [0.25, 0.3) is 0 Å². The Labute approximate surface area is 119 Å². The van der Waals surface area contributed by atoms with Gasteiger partial charge in [-0.3, -0.25) is 0 Å². The molecule has 0 bridgehead atoms. The molecule has 3 heteroatoms. The van der Waals surface area contributed by atoms with Crippen LogP contribution in [0.5, 0.6) is 0 Å². The van der Waals surface area contributed by atoms with Crippen molar-refractivity contribution < 1.29 is 0 Å². The van der Waals surface area contributed by atoms with Gasteiger partial charge in [0.15, 0.2) is 0 Å². The van der Waals surface area contributed by atoms with Gasteiger partial charge in [-0.15, -0.1) is 0 Å². The minimum atomic E-state index is 0.753. The zero-order valence-corrected chi connectivity index (χ0v) is 13.4. The molecule has 1 saturated heterocycles. The monoisotopic (exact) mass is 267 g/mol. The molecular weight excluding hydrogens is 234 g/mol. The molecular formula is C16H33N3. The van der Waals surface area contributed by atoms with Crippen molar-refractivity contribution in [2.45, 2.75) is 51.1 Å². The van der Waals surface area contributed by atoms with Crippen LogP contribution in [0, 0.1) is 11.8 Å². The van der Waals surface area contributed by atoms with E-state index >= 15 is 0 Å². The van der Waals surface area contributed by atoms with E-state index in [1.165, 1.54) is 51.7 Å². The molecule has 2 rings (SSSR count). The van der Waals surface area contributed by atoms with Crippen molar-refractivity contribution in [3.8, 4) is 0 Å². The quantitative estimate of drug-likeness (QED) is 0.841. The summed E-state index contributed by atoms with van der Waals surface area (Å²) in [5.41, 5.74) is 0. The smallest absolute Gasteiger partial charge is 0.0113 e. The Morgan fingerprint density at radius 3 is 2.37 bits per heavy atom. The van der Waals surface area contributed by atoms with Crippen molar-refractivity contribution in [3.63, 3.8) is 0 Å². The predicted molar refractivity (Wildman–Crippen MR) is 82.5 cm³/mol. The molecule has 1 aliphatic heterocycles. The minimum absolute atomic E-state index is 0.753. The number of likely N-dealkylation sites (tertiary alicyclic amines) is 1. The average molecular weight is 267 g/mol. The molecule has 2 fully saturated rings. The summed E-state index contributed by atoms with van der Waals surface area (Å²) in [6.07, 6.45) is 6.89. The van der Waals surface area contributed by atoms with Gasteiger partial charge < -0.3 is 15.1 Å². The second-order valence-corrected chi connectivity index (χ2v) is 7.07. The van der Waals surface area contributed by atoms with E-state index in [1.54, 1.807) is 0 Å². The van der Waals surface area contributed by atoms with Gasteiger partial charge in [-0.25, -0.2) is 0 Å². The highest BCUT2D eigenvalue weighted by Gasteiger charge is 2.30. The van der Waals surface area contributed by atoms with Crippen LogP contribution in [-0.2, 0) is 0 Å². The van der Waals surface area contributed by atoms with Crippen molar-refractivity contribution in [1.82, 2.24) is 15.1 Å². The highest BCUT2D eigenvalue weighted by molar-refractivity contribution is 4.86. The Morgan fingerprint density at radius 1 is 1.11 bits per heavy atom. The number of nitrogens with zero attached hydrogens (tertiary/aromatic N) is 2. The molecule has 0 spiro atoms. The SMILES string of the molecule is CNC1CCC(C)CC1CN1CCC(N(C)C)CC1. The Balaban J connectivity index is 1.80. The maximum atomic E-state index is 3.56. The molecule has 0 aromatic rings. The topological polar surface area (TPSA) is 18.5 Å². The first-order valence-corrected chi connectivity index (χ1v) is 8.16. The fraction of sp³-hybridized carbons (Fsp3) is 1.00. The highest BCUT2D eigenvalue weighted by Crippen LogP contribution is 2.30. The number of piperidine rings is 1. The lowest BCUT2D eigenvalue weighted by molar-refractivity contribution is 0.101. The van der Waals surface area contributed by atoms with Gasteiger partial charge in [0.2, 0.25) is 0 Å². The van der Waals surface area contributed by atoms with E-state index in [1.807, 2.05) is 0 Å². The molecule has 3 nitrogen and oxygen atoms in total. The van der Waals surface area contributed by atoms with E-state index < -0.39 is 0 Å². The summed E-state index contributed by atoms with van der Waals surface area (Å²) < 4.78 is 0. The molecule has 3 atom stereocenters. The van der Waals surface area contributed by atoms with Crippen LogP contribution in [0.15, 0.2) is 0 Å². The summed E-state index contributed by atoms with van der Waals surface area (Å²) in [4.78, 5) is 5.11. The number of hydrogen-bond acceptors (Lipinski definition) is 3. The van der Waals surface area contributed by atoms with Gasteiger partial charge in [0.25, 0.3) is 0 Å². The third kappa shape index (κ3) is 4.17. The van der Waals surface area contributed by atoms with Crippen molar-refractivity contribution in [2.24, 2.45) is 11.8 Å². The summed E-state index contributed by atoms with van der Waals surface area (Å²) >= 11 is 0. The van der Waals surface area contributed by atoms with E-state index in [4.69, 9.17) is 0 Å². The Morgan fingerprint density at radius 2 is 1.79 bits per heavy atom. The Hall–Kier alpha value is -0.120. The van der Waals surface area contributed by atoms with Crippen LogP contribution in [0.2, 0.25) is 0 Å². The van der Waals surface area contributed by atoms with E-state index in [9.17, 15) is 0 Å². The standard InChI is InChI=1S/C16H33N3/c1-13-5-6-16(17-2)14(11-13)12-19-9-7-15(8-10-19)18(3)4/h13-17H,5-12H2,1-4H3. The van der Waals surface area contributed by atoms with Gasteiger partial charge in [-0.05, 0) is 78.2 Å². The molecule has 0 amide bonds. The van der Waals surface area contributed by atoms with E-state index in [-0.39, 0.29) is 0 Å². The lowest BCUT2D eigenvalue weighted by Crippen LogP contribution is -2.48. The summed E-state index contributed by atoms with van der Waals surface area (Å²) in [6, 6.07) is 1.56. The Kier molecular flexibility index (Phi) is 5.67. The van der Waals surface area contributed by atoms with E-state index in [0.29, 0.717) is 0 Å². The highest BCUT2D eigenvalue weighted by atomic mass is 15.2. The van der Waals surface area contributed by atoms with Gasteiger partial charge in [-0.1, -0.05) is 6.92 Å². The van der Waals surface area contributed by atoms with E-state index in [2.05, 4.69) is 43.2 Å². The summed E-state index contributed by atoms with van der Waals surface area (Å²) in [7, 11) is 6.59. The van der Waals surface area contributed by atoms with Gasteiger partial charge >= 0.3 is 0 Å². The largest absolute Gasteiger partial charge is 0.317 e. The molecule has 112 valence electrons. The molecule has 19 heavy (non-hydrogen) atoms. The van der Waals surface area contributed by atoms with Gasteiger partial charge in [0.05, 0.1) is 0 Å². The van der Waals surface area contributed by atoms with Crippen LogP contribution < -0.4 is 5.32 Å². The molecule has 0 radical (unpaired) electrons. The average Bonchev–Trinajstić information content (AvgIpc) is 2.39. The van der Waals surface area contributed by atoms with Crippen molar-refractivity contribution in [1.29, 1.82) is 0 Å². The van der Waals surface area contributed by atoms with Gasteiger partial charge in [0, 0.05) is 18.6 Å². The number of hydrogen-bond donors (Lipinski definition) is 1. The number of nitrogens with one attached hydrogen (secondary N) is 1. The van der Waals surface area contributed by atoms with Crippen molar-refractivity contribution in [2.75, 3.05) is 40.8 Å². The zero-order chi connectivity index (χ0) is 13.8. The van der Waals surface area contributed by atoms with Crippen LogP contribution in [0.4, 0.5) is 0 Å². The molecule has 1 saturated carbocycles. The van der Waals surface area contributed by atoms with Gasteiger partial charge in [0.1, 0.15) is 0 Å². The third-order valence-electron chi connectivity index (χ3n) is 5.40. The lowest BCUT2D eigenvalue weighted by Gasteiger charge is -2.41. The summed E-state index contributed by atoms with van der Waals surface area (Å²) in [5.74, 6) is 1.79. The van der Waals surface area contributed by atoms with Gasteiger partial charge in [-0.2, -0.15) is 0 Å². The molecule has 2 aliphatic rings. The first-order chi connectivity index (χ1) is 9.10. The normalized spacial score (nSPS) is 34.9. The van der Waals surface area contributed by atoms with Crippen LogP contribution in [0.1, 0.15) is 39.0 Å². The second-order valence-electron chi connectivity index (χ2n) is 7.07. The lowest BCUT2D eigenvalue weighted by atomic mass is 9.78. The molecule has 1 heterocycles. The zero-order valence-electron chi connectivity index (χ0n) is 13.4. The molecule has 1 aliphatic carbocycles. The molecule has 1 N–H and O–H groups in total. The van der Waals surface area contributed by atoms with Crippen molar-refractivity contribution in [3.05, 3.63) is 0 Å². The van der Waals surface area contributed by atoms with Crippen LogP contribution >= 0.6 is 0 Å².